The molecule has 6 nitrogen and oxygen atoms in total. The van der Waals surface area contributed by atoms with E-state index >= 15 is 0 Å². The van der Waals surface area contributed by atoms with Gasteiger partial charge in [0, 0.05) is 17.6 Å². The van der Waals surface area contributed by atoms with Crippen molar-refractivity contribution in [1.29, 1.82) is 0 Å². The largest absolute Gasteiger partial charge is 0.511 e. The molecule has 128 valence electrons. The SMILES string of the molecule is NC(=O)C1=C(O)C2C(=O)C3=C(O)c4ccccc4CC3CC2CC1=O. The molecule has 4 N–H and O–H groups in total. The average Bonchev–Trinajstić information content (AvgIpc) is 2.53. The number of carbonyl (C=O) groups excluding carboxylic acids is 3. The Labute approximate surface area is 143 Å². The molecule has 0 bridgehead atoms. The summed E-state index contributed by atoms with van der Waals surface area (Å²) in [6, 6.07) is 7.33. The van der Waals surface area contributed by atoms with Crippen molar-refractivity contribution in [1.82, 2.24) is 0 Å². The molecule has 3 atom stereocenters. The van der Waals surface area contributed by atoms with E-state index in [0.29, 0.717) is 18.4 Å². The first-order valence-electron chi connectivity index (χ1n) is 8.22. The Bertz CT molecular complexity index is 895. The van der Waals surface area contributed by atoms with Gasteiger partial charge in [-0.1, -0.05) is 24.3 Å². The van der Waals surface area contributed by atoms with Crippen molar-refractivity contribution >= 4 is 23.2 Å². The highest BCUT2D eigenvalue weighted by Crippen LogP contribution is 2.48. The van der Waals surface area contributed by atoms with Crippen LogP contribution in [0.1, 0.15) is 24.0 Å². The van der Waals surface area contributed by atoms with Crippen LogP contribution in [-0.2, 0) is 20.8 Å². The van der Waals surface area contributed by atoms with Gasteiger partial charge in [0.2, 0.25) is 0 Å². The van der Waals surface area contributed by atoms with Gasteiger partial charge in [0.25, 0.3) is 5.91 Å². The molecule has 3 aliphatic rings. The number of carbonyl (C=O) groups is 3. The number of benzene rings is 1. The summed E-state index contributed by atoms with van der Waals surface area (Å²) in [7, 11) is 0. The lowest BCUT2D eigenvalue weighted by Crippen LogP contribution is -2.44. The molecule has 0 aromatic heterocycles. The average molecular weight is 339 g/mol. The van der Waals surface area contributed by atoms with Crippen LogP contribution < -0.4 is 5.73 Å². The number of nitrogens with two attached hydrogens (primary N) is 1. The van der Waals surface area contributed by atoms with Crippen LogP contribution in [0, 0.1) is 17.8 Å². The first kappa shape index (κ1) is 15.6. The lowest BCUT2D eigenvalue weighted by atomic mass is 9.62. The summed E-state index contributed by atoms with van der Waals surface area (Å²) in [5.41, 5.74) is 6.56. The molecular weight excluding hydrogens is 322 g/mol. The second kappa shape index (κ2) is 5.31. The molecule has 1 saturated carbocycles. The third-order valence-corrected chi connectivity index (χ3v) is 5.53. The Morgan fingerprint density at radius 2 is 1.84 bits per heavy atom. The highest BCUT2D eigenvalue weighted by Gasteiger charge is 2.50. The number of fused-ring (bicyclic) bond motifs is 3. The summed E-state index contributed by atoms with van der Waals surface area (Å²) in [6.45, 7) is 0. The van der Waals surface area contributed by atoms with Gasteiger partial charge in [0.15, 0.2) is 11.6 Å². The molecule has 3 aliphatic carbocycles. The van der Waals surface area contributed by atoms with Crippen molar-refractivity contribution in [2.45, 2.75) is 19.3 Å². The van der Waals surface area contributed by atoms with Crippen LogP contribution in [0.5, 0.6) is 0 Å². The standard InChI is InChI=1S/C19H17NO5/c20-19(25)15-12(21)7-10-6-9-5-8-3-1-2-4-11(8)16(22)13(9)17(23)14(10)18(15)24/h1-4,9-10,14,22,24H,5-7H2,(H2,20,25). The summed E-state index contributed by atoms with van der Waals surface area (Å²) < 4.78 is 0. The van der Waals surface area contributed by atoms with Crippen LogP contribution in [0.25, 0.3) is 5.76 Å². The van der Waals surface area contributed by atoms with Crippen LogP contribution in [0.15, 0.2) is 41.2 Å². The molecule has 3 unspecified atom stereocenters. The van der Waals surface area contributed by atoms with Crippen molar-refractivity contribution in [2.75, 3.05) is 0 Å². The van der Waals surface area contributed by atoms with E-state index in [1.54, 1.807) is 12.1 Å². The molecule has 0 spiro atoms. The van der Waals surface area contributed by atoms with E-state index in [1.165, 1.54) is 0 Å². The molecule has 1 aromatic carbocycles. The zero-order chi connectivity index (χ0) is 17.9. The van der Waals surface area contributed by atoms with E-state index < -0.39 is 34.7 Å². The number of allylic oxidation sites excluding steroid dienone is 2. The van der Waals surface area contributed by atoms with Gasteiger partial charge in [-0.05, 0) is 30.2 Å². The maximum atomic E-state index is 13.0. The number of Topliss-reactive ketones (excluding diaryl/α,β-unsaturated/α-hetero) is 2. The number of hydrogen-bond donors (Lipinski definition) is 3. The highest BCUT2D eigenvalue weighted by molar-refractivity contribution is 6.21. The summed E-state index contributed by atoms with van der Waals surface area (Å²) in [6.07, 6.45) is 1.10. The van der Waals surface area contributed by atoms with Gasteiger partial charge in [-0.15, -0.1) is 0 Å². The van der Waals surface area contributed by atoms with Gasteiger partial charge in [-0.2, -0.15) is 0 Å². The smallest absolute Gasteiger partial charge is 0.255 e. The quantitative estimate of drug-likeness (QED) is 0.672. The first-order valence-corrected chi connectivity index (χ1v) is 8.22. The molecule has 1 amide bonds. The maximum absolute atomic E-state index is 13.0. The molecule has 1 aromatic rings. The fourth-order valence-electron chi connectivity index (χ4n) is 4.49. The number of ketones is 2. The number of amides is 1. The van der Waals surface area contributed by atoms with Crippen molar-refractivity contribution in [3.05, 3.63) is 52.3 Å². The van der Waals surface area contributed by atoms with Crippen LogP contribution in [0.4, 0.5) is 0 Å². The van der Waals surface area contributed by atoms with E-state index in [9.17, 15) is 24.6 Å². The Balaban J connectivity index is 1.85. The van der Waals surface area contributed by atoms with Crippen molar-refractivity contribution in [2.24, 2.45) is 23.5 Å². The monoisotopic (exact) mass is 339 g/mol. The topological polar surface area (TPSA) is 118 Å². The van der Waals surface area contributed by atoms with Gasteiger partial charge in [-0.3, -0.25) is 14.4 Å². The van der Waals surface area contributed by atoms with Crippen LogP contribution in [-0.4, -0.2) is 27.7 Å². The first-order chi connectivity index (χ1) is 11.9. The van der Waals surface area contributed by atoms with Crippen molar-refractivity contribution in [3.63, 3.8) is 0 Å². The Morgan fingerprint density at radius 3 is 2.56 bits per heavy atom. The van der Waals surface area contributed by atoms with E-state index in [-0.39, 0.29) is 29.6 Å². The van der Waals surface area contributed by atoms with Gasteiger partial charge in [0.05, 0.1) is 5.92 Å². The number of primary amides is 1. The second-order valence-corrected chi connectivity index (χ2v) is 6.91. The number of hydrogen-bond acceptors (Lipinski definition) is 5. The highest BCUT2D eigenvalue weighted by atomic mass is 16.3. The number of rotatable bonds is 1. The van der Waals surface area contributed by atoms with E-state index in [4.69, 9.17) is 5.73 Å². The van der Waals surface area contributed by atoms with Gasteiger partial charge in [-0.25, -0.2) is 0 Å². The third kappa shape index (κ3) is 2.13. The molecule has 0 heterocycles. The van der Waals surface area contributed by atoms with E-state index in [1.807, 2.05) is 12.1 Å². The predicted molar refractivity (Wildman–Crippen MR) is 88.3 cm³/mol. The number of aliphatic hydroxyl groups is 2. The third-order valence-electron chi connectivity index (χ3n) is 5.53. The lowest BCUT2D eigenvalue weighted by Gasteiger charge is -2.41. The predicted octanol–water partition coefficient (Wildman–Crippen LogP) is 1.60. The molecular formula is C19H17NO5. The minimum atomic E-state index is -1.02. The van der Waals surface area contributed by atoms with E-state index in [0.717, 1.165) is 5.56 Å². The fraction of sp³-hybridized carbons (Fsp3) is 0.316. The Kier molecular flexibility index (Phi) is 3.32. The molecule has 1 fully saturated rings. The zero-order valence-electron chi connectivity index (χ0n) is 13.4. The van der Waals surface area contributed by atoms with Crippen molar-refractivity contribution < 1.29 is 24.6 Å². The fourth-order valence-corrected chi connectivity index (χ4v) is 4.49. The molecule has 6 heteroatoms. The normalized spacial score (nSPS) is 28.4. The molecule has 25 heavy (non-hydrogen) atoms. The van der Waals surface area contributed by atoms with Gasteiger partial charge >= 0.3 is 0 Å². The number of aliphatic hydroxyl groups excluding tert-OH is 2. The molecule has 4 rings (SSSR count). The van der Waals surface area contributed by atoms with Crippen LogP contribution in [0.2, 0.25) is 0 Å². The zero-order valence-corrected chi connectivity index (χ0v) is 13.4. The lowest BCUT2D eigenvalue weighted by molar-refractivity contribution is -0.127. The summed E-state index contributed by atoms with van der Waals surface area (Å²) >= 11 is 0. The Morgan fingerprint density at radius 1 is 1.12 bits per heavy atom. The van der Waals surface area contributed by atoms with Gasteiger partial charge in [0.1, 0.15) is 17.1 Å². The molecule has 0 radical (unpaired) electrons. The van der Waals surface area contributed by atoms with Crippen molar-refractivity contribution in [3.8, 4) is 0 Å². The Hall–Kier alpha value is -2.89. The minimum absolute atomic E-state index is 0.00489. The van der Waals surface area contributed by atoms with E-state index in [2.05, 4.69) is 0 Å². The molecule has 0 saturated heterocycles. The second-order valence-electron chi connectivity index (χ2n) is 6.91. The molecule has 0 aliphatic heterocycles. The van der Waals surface area contributed by atoms with Gasteiger partial charge < -0.3 is 15.9 Å². The van der Waals surface area contributed by atoms with Crippen LogP contribution in [0.3, 0.4) is 0 Å². The summed E-state index contributed by atoms with van der Waals surface area (Å²) in [5, 5.41) is 21.0. The summed E-state index contributed by atoms with van der Waals surface area (Å²) in [5.74, 6) is -4.14. The summed E-state index contributed by atoms with van der Waals surface area (Å²) in [4.78, 5) is 36.6. The minimum Gasteiger partial charge on any atom is -0.511 e. The van der Waals surface area contributed by atoms with Crippen LogP contribution >= 0.6 is 0 Å². The maximum Gasteiger partial charge on any atom is 0.255 e.